The number of nitrogens with zero attached hydrogens (tertiary/aromatic N) is 1. The van der Waals surface area contributed by atoms with Crippen LogP contribution in [0.3, 0.4) is 0 Å². The fraction of sp³-hybridized carbons (Fsp3) is 0.125. The number of hydrogen-bond acceptors (Lipinski definition) is 1. The molecule has 0 amide bonds. The van der Waals surface area contributed by atoms with Crippen LogP contribution in [-0.2, 0) is 19.4 Å². The molecule has 140 valence electrons. The van der Waals surface area contributed by atoms with E-state index in [1.807, 2.05) is 59.2 Å². The van der Waals surface area contributed by atoms with Crippen molar-refractivity contribution in [3.63, 3.8) is 0 Å². The van der Waals surface area contributed by atoms with Crippen LogP contribution in [0.5, 0.6) is 0 Å². The molecular formula is C24H20INO2. The number of carboxylic acid groups (broad SMARTS) is 1. The number of para-hydroxylation sites is 1. The van der Waals surface area contributed by atoms with E-state index in [2.05, 4.69) is 46.9 Å². The Bertz CT molecular complexity index is 1110. The van der Waals surface area contributed by atoms with E-state index in [0.29, 0.717) is 18.7 Å². The Morgan fingerprint density at radius 1 is 0.821 bits per heavy atom. The minimum Gasteiger partial charge on any atom is -0.477 e. The average Bonchev–Trinajstić information content (AvgIpc) is 3.02. The van der Waals surface area contributed by atoms with Crippen molar-refractivity contribution in [1.82, 2.24) is 4.57 Å². The minimum absolute atomic E-state index is 0.399. The molecule has 1 N–H and O–H groups in total. The Balaban J connectivity index is 1.77. The number of rotatable bonds is 6. The number of aromatic carboxylic acids is 1. The number of aromatic nitrogens is 1. The van der Waals surface area contributed by atoms with Crippen LogP contribution in [0.15, 0.2) is 78.9 Å². The van der Waals surface area contributed by atoms with Crippen LogP contribution in [0.2, 0.25) is 0 Å². The number of hydrogen-bond donors (Lipinski definition) is 1. The molecule has 3 aromatic carbocycles. The summed E-state index contributed by atoms with van der Waals surface area (Å²) in [7, 11) is 0. The highest BCUT2D eigenvalue weighted by Crippen LogP contribution is 2.29. The van der Waals surface area contributed by atoms with E-state index in [0.717, 1.165) is 28.5 Å². The first kappa shape index (κ1) is 18.7. The summed E-state index contributed by atoms with van der Waals surface area (Å²) in [6.07, 6.45) is 1.51. The summed E-state index contributed by atoms with van der Waals surface area (Å²) in [6.45, 7) is 0.548. The van der Waals surface area contributed by atoms with Crippen LogP contribution in [-0.4, -0.2) is 15.6 Å². The van der Waals surface area contributed by atoms with Gasteiger partial charge < -0.3 is 9.67 Å². The molecule has 0 aliphatic carbocycles. The highest BCUT2D eigenvalue weighted by Gasteiger charge is 2.22. The highest BCUT2D eigenvalue weighted by molar-refractivity contribution is 14.1. The molecule has 0 saturated heterocycles. The summed E-state index contributed by atoms with van der Waals surface area (Å²) in [5, 5.41) is 11.1. The summed E-state index contributed by atoms with van der Waals surface area (Å²) < 4.78 is 3.14. The van der Waals surface area contributed by atoms with Gasteiger partial charge >= 0.3 is 5.97 Å². The normalized spacial score (nSPS) is 11.0. The number of benzene rings is 3. The maximum Gasteiger partial charge on any atom is 0.352 e. The maximum atomic E-state index is 12.2. The summed E-state index contributed by atoms with van der Waals surface area (Å²) in [5.41, 5.74) is 4.60. The Morgan fingerprint density at radius 3 is 2.21 bits per heavy atom. The largest absolute Gasteiger partial charge is 0.477 e. The van der Waals surface area contributed by atoms with Gasteiger partial charge in [-0.25, -0.2) is 4.79 Å². The van der Waals surface area contributed by atoms with Gasteiger partial charge in [0.05, 0.1) is 0 Å². The molecule has 1 heterocycles. The molecule has 0 aliphatic rings. The van der Waals surface area contributed by atoms with Gasteiger partial charge in [0.15, 0.2) is 0 Å². The van der Waals surface area contributed by atoms with E-state index >= 15 is 0 Å². The van der Waals surface area contributed by atoms with Crippen molar-refractivity contribution >= 4 is 39.5 Å². The first-order valence-electron chi connectivity index (χ1n) is 9.25. The fourth-order valence-corrected chi connectivity index (χ4v) is 4.08. The topological polar surface area (TPSA) is 42.2 Å². The zero-order valence-corrected chi connectivity index (χ0v) is 17.5. The van der Waals surface area contributed by atoms with Crippen LogP contribution in [0.4, 0.5) is 0 Å². The van der Waals surface area contributed by atoms with Crippen molar-refractivity contribution in [2.75, 3.05) is 0 Å². The minimum atomic E-state index is -0.871. The quantitative estimate of drug-likeness (QED) is 0.355. The predicted molar refractivity (Wildman–Crippen MR) is 121 cm³/mol. The SMILES string of the molecule is O=C(O)c1c(CCc2ccc(I)cc2)c2ccccc2n1Cc1ccccc1. The van der Waals surface area contributed by atoms with Crippen molar-refractivity contribution in [1.29, 1.82) is 0 Å². The lowest BCUT2D eigenvalue weighted by Gasteiger charge is -2.09. The van der Waals surface area contributed by atoms with Crippen LogP contribution < -0.4 is 0 Å². The van der Waals surface area contributed by atoms with Gasteiger partial charge in [-0.05, 0) is 70.3 Å². The molecule has 0 atom stereocenters. The van der Waals surface area contributed by atoms with Gasteiger partial charge in [0.1, 0.15) is 5.69 Å². The predicted octanol–water partition coefficient (Wildman–Crippen LogP) is 5.78. The summed E-state index contributed by atoms with van der Waals surface area (Å²) in [5.74, 6) is -0.871. The fourth-order valence-electron chi connectivity index (χ4n) is 3.72. The Kier molecular flexibility index (Phi) is 5.48. The van der Waals surface area contributed by atoms with Crippen molar-refractivity contribution < 1.29 is 9.90 Å². The van der Waals surface area contributed by atoms with Gasteiger partial charge in [-0.15, -0.1) is 0 Å². The van der Waals surface area contributed by atoms with E-state index in [1.54, 1.807) is 0 Å². The molecule has 0 saturated carbocycles. The third kappa shape index (κ3) is 3.83. The van der Waals surface area contributed by atoms with Crippen LogP contribution >= 0.6 is 22.6 Å². The number of fused-ring (bicyclic) bond motifs is 1. The number of carboxylic acids is 1. The molecule has 0 radical (unpaired) electrons. The van der Waals surface area contributed by atoms with E-state index in [1.165, 1.54) is 9.13 Å². The lowest BCUT2D eigenvalue weighted by Crippen LogP contribution is -2.12. The van der Waals surface area contributed by atoms with Crippen LogP contribution in [0.1, 0.15) is 27.2 Å². The Morgan fingerprint density at radius 2 is 1.50 bits per heavy atom. The third-order valence-electron chi connectivity index (χ3n) is 5.04. The van der Waals surface area contributed by atoms with Gasteiger partial charge in [0.25, 0.3) is 0 Å². The summed E-state index contributed by atoms with van der Waals surface area (Å²) in [4.78, 5) is 12.2. The van der Waals surface area contributed by atoms with Gasteiger partial charge in [-0.3, -0.25) is 0 Å². The van der Waals surface area contributed by atoms with Crippen molar-refractivity contribution in [3.05, 3.63) is 105 Å². The Hall–Kier alpha value is -2.60. The van der Waals surface area contributed by atoms with Gasteiger partial charge in [0.2, 0.25) is 0 Å². The molecule has 1 aromatic heterocycles. The molecule has 4 aromatic rings. The first-order valence-corrected chi connectivity index (χ1v) is 10.3. The molecule has 28 heavy (non-hydrogen) atoms. The van der Waals surface area contributed by atoms with Gasteiger partial charge in [-0.2, -0.15) is 0 Å². The lowest BCUT2D eigenvalue weighted by molar-refractivity contribution is 0.0685. The van der Waals surface area contributed by atoms with Crippen molar-refractivity contribution in [2.45, 2.75) is 19.4 Å². The molecule has 0 spiro atoms. The maximum absolute atomic E-state index is 12.2. The zero-order chi connectivity index (χ0) is 19.5. The molecule has 0 aliphatic heterocycles. The molecule has 4 heteroatoms. The van der Waals surface area contributed by atoms with E-state index in [4.69, 9.17) is 0 Å². The second kappa shape index (κ2) is 8.19. The summed E-state index contributed by atoms with van der Waals surface area (Å²) >= 11 is 2.29. The number of carbonyl (C=O) groups is 1. The average molecular weight is 481 g/mol. The second-order valence-electron chi connectivity index (χ2n) is 6.85. The summed E-state index contributed by atoms with van der Waals surface area (Å²) in [6, 6.07) is 26.4. The number of halogens is 1. The monoisotopic (exact) mass is 481 g/mol. The van der Waals surface area contributed by atoms with Crippen LogP contribution in [0, 0.1) is 3.57 Å². The second-order valence-corrected chi connectivity index (χ2v) is 8.09. The zero-order valence-electron chi connectivity index (χ0n) is 15.3. The molecule has 0 bridgehead atoms. The molecule has 0 unspecified atom stereocenters. The van der Waals surface area contributed by atoms with Gasteiger partial charge in [-0.1, -0.05) is 60.7 Å². The third-order valence-corrected chi connectivity index (χ3v) is 5.76. The van der Waals surface area contributed by atoms with Crippen molar-refractivity contribution in [2.24, 2.45) is 0 Å². The smallest absolute Gasteiger partial charge is 0.352 e. The van der Waals surface area contributed by atoms with Crippen molar-refractivity contribution in [3.8, 4) is 0 Å². The van der Waals surface area contributed by atoms with E-state index < -0.39 is 5.97 Å². The van der Waals surface area contributed by atoms with E-state index in [9.17, 15) is 9.90 Å². The molecule has 0 fully saturated rings. The highest BCUT2D eigenvalue weighted by atomic mass is 127. The number of aryl methyl sites for hydroxylation is 2. The lowest BCUT2D eigenvalue weighted by atomic mass is 10.0. The molecule has 4 rings (SSSR count). The molecule has 3 nitrogen and oxygen atoms in total. The van der Waals surface area contributed by atoms with Gasteiger partial charge in [0, 0.05) is 21.0 Å². The Labute approximate surface area is 177 Å². The van der Waals surface area contributed by atoms with Crippen LogP contribution in [0.25, 0.3) is 10.9 Å². The molecular weight excluding hydrogens is 461 g/mol. The standard InChI is InChI=1S/C24H20INO2/c25-19-13-10-17(11-14-19)12-15-21-20-8-4-5-9-22(20)26(23(21)24(27)28)16-18-6-2-1-3-7-18/h1-11,13-14H,12,15-16H2,(H,27,28). The first-order chi connectivity index (χ1) is 13.6. The van der Waals surface area contributed by atoms with E-state index in [-0.39, 0.29) is 0 Å².